The summed E-state index contributed by atoms with van der Waals surface area (Å²) in [4.78, 5) is 71.4. The molecule has 0 spiro atoms. The molecule has 10 N–H and O–H groups in total. The normalized spacial score (nSPS) is 20.6. The number of nitrogens with zero attached hydrogens (tertiary/aromatic N) is 2. The molecule has 2 aliphatic rings. The number of fused-ring (bicyclic) bond motifs is 5. The number of hydrogen-bond donors (Lipinski definition) is 7. The molecule has 5 amide bonds. The molecule has 16 heteroatoms. The zero-order chi connectivity index (χ0) is 46.6. The molecule has 1 aliphatic carbocycles. The predicted octanol–water partition coefficient (Wildman–Crippen LogP) is 2.82. The Hall–Kier alpha value is -6.02. The molecule has 1 heterocycles. The number of nitriles is 1. The van der Waals surface area contributed by atoms with E-state index in [1.54, 1.807) is 36.4 Å². The highest BCUT2D eigenvalue weighted by Crippen LogP contribution is 2.41. The first-order valence-electron chi connectivity index (χ1n) is 22.2. The van der Waals surface area contributed by atoms with Gasteiger partial charge in [-0.1, -0.05) is 57.2 Å². The molecular formula is C48H65N9O7. The maximum atomic E-state index is 14.6. The van der Waals surface area contributed by atoms with Gasteiger partial charge in [0.15, 0.2) is 0 Å². The van der Waals surface area contributed by atoms with Crippen LogP contribution in [0.25, 0.3) is 11.1 Å². The van der Waals surface area contributed by atoms with E-state index in [0.29, 0.717) is 52.5 Å². The zero-order valence-corrected chi connectivity index (χ0v) is 37.7. The Morgan fingerprint density at radius 1 is 0.828 bits per heavy atom. The van der Waals surface area contributed by atoms with Gasteiger partial charge in [0, 0.05) is 43.6 Å². The molecule has 0 aromatic heterocycles. The summed E-state index contributed by atoms with van der Waals surface area (Å²) in [6.07, 6.45) is 3.10. The second-order valence-corrected chi connectivity index (χ2v) is 17.6. The third-order valence-electron chi connectivity index (χ3n) is 12.0. The maximum absolute atomic E-state index is 14.6. The molecule has 16 nitrogen and oxygen atoms in total. The minimum absolute atomic E-state index is 0.0214. The van der Waals surface area contributed by atoms with Crippen LogP contribution in [0.4, 0.5) is 0 Å². The van der Waals surface area contributed by atoms with Crippen LogP contribution in [0.1, 0.15) is 94.0 Å². The number of likely N-dealkylation sites (N-methyl/N-ethyl adjacent to an activating group) is 1. The van der Waals surface area contributed by atoms with Crippen molar-refractivity contribution in [1.82, 2.24) is 26.2 Å². The van der Waals surface area contributed by atoms with Gasteiger partial charge in [-0.3, -0.25) is 24.0 Å². The third-order valence-corrected chi connectivity index (χ3v) is 12.0. The van der Waals surface area contributed by atoms with Gasteiger partial charge < -0.3 is 52.8 Å². The van der Waals surface area contributed by atoms with E-state index in [9.17, 15) is 24.0 Å². The number of benzene rings is 3. The number of nitrogens with two attached hydrogens (primary N) is 3. The lowest BCUT2D eigenvalue weighted by atomic mass is 9.77. The molecule has 64 heavy (non-hydrogen) atoms. The lowest BCUT2D eigenvalue weighted by Crippen LogP contribution is -2.56. The van der Waals surface area contributed by atoms with Crippen molar-refractivity contribution in [3.63, 3.8) is 0 Å². The molecule has 5 rings (SSSR count). The lowest BCUT2D eigenvalue weighted by molar-refractivity contribution is -0.143. The monoisotopic (exact) mass is 880 g/mol. The first-order chi connectivity index (χ1) is 30.6. The van der Waals surface area contributed by atoms with Gasteiger partial charge in [0.05, 0.1) is 6.07 Å². The van der Waals surface area contributed by atoms with Gasteiger partial charge >= 0.3 is 0 Å². The molecule has 4 bridgehead atoms. The van der Waals surface area contributed by atoms with Crippen LogP contribution in [-0.2, 0) is 35.8 Å². The van der Waals surface area contributed by atoms with Crippen LogP contribution >= 0.6 is 0 Å². The van der Waals surface area contributed by atoms with Crippen molar-refractivity contribution >= 4 is 29.5 Å². The fourth-order valence-electron chi connectivity index (χ4n) is 8.36. The summed E-state index contributed by atoms with van der Waals surface area (Å²) in [6, 6.07) is 16.2. The Kier molecular flexibility index (Phi) is 17.3. The minimum atomic E-state index is -1.34. The first kappa shape index (κ1) is 49.0. The Labute approximate surface area is 376 Å². The smallest absolute Gasteiger partial charge is 0.248 e. The molecule has 1 saturated carbocycles. The molecule has 1 fully saturated rings. The van der Waals surface area contributed by atoms with Crippen LogP contribution in [0, 0.1) is 17.2 Å². The predicted molar refractivity (Wildman–Crippen MR) is 244 cm³/mol. The van der Waals surface area contributed by atoms with Gasteiger partial charge in [0.1, 0.15) is 55.4 Å². The summed E-state index contributed by atoms with van der Waals surface area (Å²) in [7, 11) is 1.47. The number of hydrogen-bond acceptors (Lipinski definition) is 11. The maximum Gasteiger partial charge on any atom is 0.248 e. The number of carbonyl (C=O) groups is 5. The van der Waals surface area contributed by atoms with E-state index in [1.165, 1.54) is 30.0 Å². The SMILES string of the molecule is C[C@@H]1NC(=O)[C@@H](N(C)C(=O)[C@H](CCN)NC(=O)[C@H]2CC[C@H](c3ccc(C(C)(C)C)cc3)CC2)c2ccc(OCCN)c(c2)-c2cc(ccc2OCCN)C[C@@H](C(=O)NCC#N)NC1=O. The summed E-state index contributed by atoms with van der Waals surface area (Å²) < 4.78 is 12.2. The van der Waals surface area contributed by atoms with Gasteiger partial charge in [-0.15, -0.1) is 0 Å². The Bertz CT molecular complexity index is 2160. The average molecular weight is 880 g/mol. The number of rotatable bonds is 15. The van der Waals surface area contributed by atoms with E-state index < -0.39 is 47.8 Å². The highest BCUT2D eigenvalue weighted by Gasteiger charge is 2.37. The van der Waals surface area contributed by atoms with E-state index in [4.69, 9.17) is 31.9 Å². The summed E-state index contributed by atoms with van der Waals surface area (Å²) in [5.41, 5.74) is 22.3. The van der Waals surface area contributed by atoms with Crippen molar-refractivity contribution in [2.75, 3.05) is 46.4 Å². The van der Waals surface area contributed by atoms with Crippen molar-refractivity contribution in [3.8, 4) is 28.7 Å². The summed E-state index contributed by atoms with van der Waals surface area (Å²) in [5, 5.41) is 20.1. The topological polar surface area (TPSA) is 257 Å². The molecule has 3 aromatic rings. The Morgan fingerprint density at radius 3 is 2.03 bits per heavy atom. The van der Waals surface area contributed by atoms with Gasteiger partial charge in [0.2, 0.25) is 29.5 Å². The summed E-state index contributed by atoms with van der Waals surface area (Å²) in [6.45, 7) is 8.57. The standard InChI is InChI=1S/C48H65N9O7/c1-29-43(58)56-39(45(60)53-23-20-50)27-30-6-16-40(63-24-21-51)36(26-30)37-28-34(13-17-41(37)64-25-22-52)42(46(61)54-29)57(5)47(62)38(18-19-49)55-44(59)33-9-7-31(8-10-33)32-11-14-35(15-12-32)48(2,3)4/h6,11-17,26,28-29,31,33,38-39,42H,7-10,18-19,21-25,27,49,51-52H2,1-5H3,(H,53,60)(H,54,61)(H,55,59)(H,56,58)/t29-,31-,33-,38-,39-,42-/m0/s1. The fourth-order valence-corrected chi connectivity index (χ4v) is 8.36. The number of ether oxygens (including phenoxy) is 2. The minimum Gasteiger partial charge on any atom is -0.492 e. The van der Waals surface area contributed by atoms with Crippen molar-refractivity contribution in [2.24, 2.45) is 23.1 Å². The van der Waals surface area contributed by atoms with Crippen molar-refractivity contribution in [2.45, 2.75) is 102 Å². The Morgan fingerprint density at radius 2 is 1.44 bits per heavy atom. The lowest BCUT2D eigenvalue weighted by Gasteiger charge is -2.34. The first-order valence-corrected chi connectivity index (χ1v) is 22.2. The van der Waals surface area contributed by atoms with Crippen LogP contribution in [0.15, 0.2) is 60.7 Å². The molecule has 344 valence electrons. The zero-order valence-electron chi connectivity index (χ0n) is 37.7. The average Bonchev–Trinajstić information content (AvgIpc) is 3.28. The molecule has 3 aromatic carbocycles. The van der Waals surface area contributed by atoms with Gasteiger partial charge in [-0.05, 0) is 103 Å². The largest absolute Gasteiger partial charge is 0.492 e. The molecule has 1 aliphatic heterocycles. The van der Waals surface area contributed by atoms with Crippen molar-refractivity contribution in [1.29, 1.82) is 5.26 Å². The number of nitrogens with one attached hydrogen (secondary N) is 4. The second-order valence-electron chi connectivity index (χ2n) is 17.6. The molecule has 0 saturated heterocycles. The third kappa shape index (κ3) is 12.4. The second kappa shape index (κ2) is 22.6. The van der Waals surface area contributed by atoms with Crippen molar-refractivity contribution in [3.05, 3.63) is 82.9 Å². The number of carbonyl (C=O) groups excluding carboxylic acids is 5. The van der Waals surface area contributed by atoms with Gasteiger partial charge in [-0.25, -0.2) is 0 Å². The van der Waals surface area contributed by atoms with Crippen LogP contribution < -0.4 is 47.9 Å². The van der Waals surface area contributed by atoms with E-state index in [1.807, 2.05) is 6.07 Å². The molecular weight excluding hydrogens is 815 g/mol. The van der Waals surface area contributed by atoms with Crippen LogP contribution in [0.5, 0.6) is 11.5 Å². The number of amides is 5. The van der Waals surface area contributed by atoms with E-state index in [-0.39, 0.29) is 69.5 Å². The highest BCUT2D eigenvalue weighted by molar-refractivity contribution is 5.96. The molecule has 0 radical (unpaired) electrons. The van der Waals surface area contributed by atoms with Crippen LogP contribution in [0.3, 0.4) is 0 Å². The van der Waals surface area contributed by atoms with Gasteiger partial charge in [-0.2, -0.15) is 5.26 Å². The van der Waals surface area contributed by atoms with Crippen molar-refractivity contribution < 1.29 is 33.4 Å². The van der Waals surface area contributed by atoms with E-state index >= 15 is 0 Å². The van der Waals surface area contributed by atoms with Gasteiger partial charge in [0.25, 0.3) is 0 Å². The summed E-state index contributed by atoms with van der Waals surface area (Å²) in [5.74, 6) is -1.93. The molecule has 0 unspecified atom stereocenters. The van der Waals surface area contributed by atoms with E-state index in [0.717, 1.165) is 12.8 Å². The quantitative estimate of drug-likeness (QED) is 0.109. The summed E-state index contributed by atoms with van der Waals surface area (Å²) >= 11 is 0. The van der Waals surface area contributed by atoms with Crippen LogP contribution in [0.2, 0.25) is 0 Å². The fraction of sp³-hybridized carbons (Fsp3) is 0.500. The highest BCUT2D eigenvalue weighted by atomic mass is 16.5. The molecule has 4 atom stereocenters. The van der Waals surface area contributed by atoms with Crippen LogP contribution in [-0.4, -0.2) is 99.0 Å². The Balaban J connectivity index is 1.49. The van der Waals surface area contributed by atoms with E-state index in [2.05, 4.69) is 66.3 Å².